The zero-order valence-corrected chi connectivity index (χ0v) is 14.5. The summed E-state index contributed by atoms with van der Waals surface area (Å²) in [4.78, 5) is 26.0. The summed E-state index contributed by atoms with van der Waals surface area (Å²) in [5.41, 5.74) is 0.0879. The first-order chi connectivity index (χ1) is 11.3. The summed E-state index contributed by atoms with van der Waals surface area (Å²) in [5.74, 6) is 1.43. The van der Waals surface area contributed by atoms with E-state index in [2.05, 4.69) is 0 Å². The van der Waals surface area contributed by atoms with Crippen molar-refractivity contribution in [3.05, 3.63) is 23.8 Å². The first-order valence-corrected chi connectivity index (χ1v) is 8.12. The van der Waals surface area contributed by atoms with E-state index in [-0.39, 0.29) is 23.9 Å². The minimum atomic E-state index is -0.505. The van der Waals surface area contributed by atoms with Crippen LogP contribution in [0.25, 0.3) is 0 Å². The van der Waals surface area contributed by atoms with Crippen LogP contribution < -0.4 is 9.47 Å². The molecule has 3 rings (SSSR count). The fraction of sp³-hybridized carbons (Fsp3) is 0.556. The van der Waals surface area contributed by atoms with Gasteiger partial charge in [-0.2, -0.15) is 0 Å². The van der Waals surface area contributed by atoms with Crippen LogP contribution in [0, 0.1) is 5.92 Å². The third-order valence-electron chi connectivity index (χ3n) is 4.24. The second-order valence-corrected chi connectivity index (χ2v) is 7.29. The molecule has 6 nitrogen and oxygen atoms in total. The summed E-state index contributed by atoms with van der Waals surface area (Å²) in [6, 6.07) is 5.23. The van der Waals surface area contributed by atoms with Gasteiger partial charge < -0.3 is 19.1 Å². The van der Waals surface area contributed by atoms with Gasteiger partial charge in [-0.05, 0) is 32.9 Å². The summed E-state index contributed by atoms with van der Waals surface area (Å²) >= 11 is 0. The van der Waals surface area contributed by atoms with E-state index < -0.39 is 5.60 Å². The molecule has 24 heavy (non-hydrogen) atoms. The van der Waals surface area contributed by atoms with Crippen molar-refractivity contribution in [3.63, 3.8) is 0 Å². The lowest BCUT2D eigenvalue weighted by Gasteiger charge is -2.44. The van der Waals surface area contributed by atoms with Gasteiger partial charge in [0.1, 0.15) is 23.2 Å². The molecule has 0 spiro atoms. The lowest BCUT2D eigenvalue weighted by Crippen LogP contribution is -2.57. The highest BCUT2D eigenvalue weighted by Gasteiger charge is 2.42. The standard InChI is InChI=1S/C18H23NO5/c1-18(2,3)24-17(21)19-9-11(10-19)15-8-14(20)13-6-5-12(22-4)7-16(13)23-15/h5-7,11,15H,8-10H2,1-4H3. The highest BCUT2D eigenvalue weighted by Crippen LogP contribution is 2.35. The monoisotopic (exact) mass is 333 g/mol. The van der Waals surface area contributed by atoms with E-state index in [1.54, 1.807) is 30.2 Å². The number of benzene rings is 1. The fourth-order valence-corrected chi connectivity index (χ4v) is 2.94. The molecule has 1 saturated heterocycles. The Morgan fingerprint density at radius 2 is 2.00 bits per heavy atom. The first kappa shape index (κ1) is 16.6. The molecule has 2 aliphatic heterocycles. The summed E-state index contributed by atoms with van der Waals surface area (Å²) in [7, 11) is 1.58. The Kier molecular flexibility index (Phi) is 4.15. The number of carbonyl (C=O) groups excluding carboxylic acids is 2. The van der Waals surface area contributed by atoms with Crippen LogP contribution in [0.2, 0.25) is 0 Å². The number of rotatable bonds is 2. The molecule has 0 aromatic heterocycles. The van der Waals surface area contributed by atoms with Crippen LogP contribution in [0.1, 0.15) is 37.6 Å². The second kappa shape index (κ2) is 6.00. The molecule has 2 heterocycles. The molecule has 1 fully saturated rings. The maximum atomic E-state index is 12.3. The second-order valence-electron chi connectivity index (χ2n) is 7.29. The largest absolute Gasteiger partial charge is 0.497 e. The van der Waals surface area contributed by atoms with Gasteiger partial charge in [-0.1, -0.05) is 0 Å². The summed E-state index contributed by atoms with van der Waals surface area (Å²) in [6.45, 7) is 6.62. The maximum Gasteiger partial charge on any atom is 0.410 e. The third-order valence-corrected chi connectivity index (χ3v) is 4.24. The number of Topliss-reactive ketones (excluding diaryl/α,β-unsaturated/α-hetero) is 1. The third kappa shape index (κ3) is 3.32. The van der Waals surface area contributed by atoms with Crippen LogP contribution >= 0.6 is 0 Å². The molecule has 2 aliphatic rings. The Morgan fingerprint density at radius 3 is 2.62 bits per heavy atom. The van der Waals surface area contributed by atoms with Gasteiger partial charge in [-0.25, -0.2) is 4.79 Å². The number of methoxy groups -OCH3 is 1. The molecule has 0 saturated carbocycles. The normalized spacial score (nSPS) is 20.8. The molecule has 0 aliphatic carbocycles. The Balaban J connectivity index is 1.62. The van der Waals surface area contributed by atoms with E-state index in [1.165, 1.54) is 0 Å². The van der Waals surface area contributed by atoms with Gasteiger partial charge in [0.25, 0.3) is 0 Å². The van der Waals surface area contributed by atoms with Crippen molar-refractivity contribution in [2.24, 2.45) is 5.92 Å². The Hall–Kier alpha value is -2.24. The van der Waals surface area contributed by atoms with E-state index in [4.69, 9.17) is 14.2 Å². The predicted molar refractivity (Wildman–Crippen MR) is 87.7 cm³/mol. The smallest absolute Gasteiger partial charge is 0.410 e. The number of fused-ring (bicyclic) bond motifs is 1. The van der Waals surface area contributed by atoms with Gasteiger partial charge >= 0.3 is 6.09 Å². The van der Waals surface area contributed by atoms with Gasteiger partial charge in [0.15, 0.2) is 5.78 Å². The van der Waals surface area contributed by atoms with Crippen molar-refractivity contribution < 1.29 is 23.8 Å². The van der Waals surface area contributed by atoms with Gasteiger partial charge in [0, 0.05) is 31.5 Å². The van der Waals surface area contributed by atoms with Crippen LogP contribution in [0.5, 0.6) is 11.5 Å². The van der Waals surface area contributed by atoms with Crippen LogP contribution in [0.4, 0.5) is 4.79 Å². The van der Waals surface area contributed by atoms with Crippen molar-refractivity contribution in [2.45, 2.75) is 38.9 Å². The fourth-order valence-electron chi connectivity index (χ4n) is 2.94. The lowest BCUT2D eigenvalue weighted by molar-refractivity contribution is -0.0265. The number of likely N-dealkylation sites (tertiary alicyclic amines) is 1. The van der Waals surface area contributed by atoms with Crippen molar-refractivity contribution in [1.29, 1.82) is 0 Å². The molecule has 0 N–H and O–H groups in total. The number of ether oxygens (including phenoxy) is 3. The molecule has 1 aromatic carbocycles. The summed E-state index contributed by atoms with van der Waals surface area (Å²) in [5, 5.41) is 0. The number of nitrogens with zero attached hydrogens (tertiary/aromatic N) is 1. The van der Waals surface area contributed by atoms with Gasteiger partial charge in [-0.15, -0.1) is 0 Å². The van der Waals surface area contributed by atoms with Crippen LogP contribution in [-0.2, 0) is 4.74 Å². The lowest BCUT2D eigenvalue weighted by atomic mass is 9.87. The average Bonchev–Trinajstić information content (AvgIpc) is 2.43. The first-order valence-electron chi connectivity index (χ1n) is 8.12. The SMILES string of the molecule is COc1ccc2c(c1)OC(C1CN(C(=O)OC(C)(C)C)C1)CC2=O. The number of carbonyl (C=O) groups is 2. The quantitative estimate of drug-likeness (QED) is 0.832. The maximum absolute atomic E-state index is 12.3. The molecular formula is C18H23NO5. The van der Waals surface area contributed by atoms with E-state index in [0.717, 1.165) is 0 Å². The zero-order chi connectivity index (χ0) is 17.5. The van der Waals surface area contributed by atoms with E-state index in [9.17, 15) is 9.59 Å². The molecule has 1 aromatic rings. The number of amides is 1. The Bertz CT molecular complexity index is 658. The summed E-state index contributed by atoms with van der Waals surface area (Å²) < 4.78 is 16.5. The van der Waals surface area contributed by atoms with Crippen molar-refractivity contribution in [1.82, 2.24) is 4.90 Å². The Labute approximate surface area is 141 Å². The van der Waals surface area contributed by atoms with Crippen LogP contribution in [0.15, 0.2) is 18.2 Å². The molecule has 0 radical (unpaired) electrons. The van der Waals surface area contributed by atoms with Crippen LogP contribution in [0.3, 0.4) is 0 Å². The van der Waals surface area contributed by atoms with Gasteiger partial charge in [0.05, 0.1) is 12.7 Å². The van der Waals surface area contributed by atoms with Crippen LogP contribution in [-0.4, -0.2) is 48.7 Å². The van der Waals surface area contributed by atoms with Gasteiger partial charge in [0.2, 0.25) is 0 Å². The van der Waals surface area contributed by atoms with Crippen molar-refractivity contribution in [3.8, 4) is 11.5 Å². The highest BCUT2D eigenvalue weighted by molar-refractivity contribution is 6.00. The Morgan fingerprint density at radius 1 is 1.29 bits per heavy atom. The average molecular weight is 333 g/mol. The topological polar surface area (TPSA) is 65.1 Å². The molecule has 6 heteroatoms. The summed E-state index contributed by atoms with van der Waals surface area (Å²) in [6.07, 6.45) is -0.189. The zero-order valence-electron chi connectivity index (χ0n) is 14.5. The van der Waals surface area contributed by atoms with Crippen molar-refractivity contribution in [2.75, 3.05) is 20.2 Å². The van der Waals surface area contributed by atoms with E-state index >= 15 is 0 Å². The molecule has 1 atom stereocenters. The number of hydrogen-bond donors (Lipinski definition) is 0. The van der Waals surface area contributed by atoms with E-state index in [0.29, 0.717) is 36.6 Å². The van der Waals surface area contributed by atoms with E-state index in [1.807, 2.05) is 20.8 Å². The van der Waals surface area contributed by atoms with Crippen molar-refractivity contribution >= 4 is 11.9 Å². The minimum absolute atomic E-state index is 0.0691. The predicted octanol–water partition coefficient (Wildman–Crippen LogP) is 2.90. The van der Waals surface area contributed by atoms with Gasteiger partial charge in [-0.3, -0.25) is 4.79 Å². The molecule has 1 unspecified atom stereocenters. The number of hydrogen-bond acceptors (Lipinski definition) is 5. The minimum Gasteiger partial charge on any atom is -0.497 e. The molecule has 0 bridgehead atoms. The highest BCUT2D eigenvalue weighted by atomic mass is 16.6. The molecule has 1 amide bonds. The molecule has 130 valence electrons. The number of ketones is 1. The molecular weight excluding hydrogens is 310 g/mol.